The molecule has 2 unspecified atom stereocenters. The number of benzene rings is 1. The van der Waals surface area contributed by atoms with E-state index in [2.05, 4.69) is 6.07 Å². The molecule has 19 heavy (non-hydrogen) atoms. The molecule has 1 aromatic rings. The van der Waals surface area contributed by atoms with Crippen molar-refractivity contribution >= 4 is 41.1 Å². The molecule has 1 aromatic carbocycles. The minimum atomic E-state index is -0.720. The lowest BCUT2D eigenvalue weighted by Gasteiger charge is -2.30. The van der Waals surface area contributed by atoms with E-state index in [9.17, 15) is 4.79 Å². The lowest BCUT2D eigenvalue weighted by atomic mass is 10.00. The van der Waals surface area contributed by atoms with E-state index in [1.165, 1.54) is 17.7 Å². The van der Waals surface area contributed by atoms with Crippen molar-refractivity contribution in [1.82, 2.24) is 0 Å². The molecule has 0 radical (unpaired) electrons. The summed E-state index contributed by atoms with van der Waals surface area (Å²) in [6, 6.07) is 7.90. The first-order valence-electron chi connectivity index (χ1n) is 6.41. The Balaban J connectivity index is 1.97. The number of carboxylic acids is 1. The van der Waals surface area contributed by atoms with Gasteiger partial charge in [0.15, 0.2) is 0 Å². The Hall–Kier alpha value is -0.320. The van der Waals surface area contributed by atoms with E-state index in [1.807, 2.05) is 30.0 Å². The van der Waals surface area contributed by atoms with Crippen LogP contribution in [0.4, 0.5) is 0 Å². The maximum Gasteiger partial charge on any atom is 0.313 e. The highest BCUT2D eigenvalue weighted by molar-refractivity contribution is 8.04. The van der Waals surface area contributed by atoms with Gasteiger partial charge >= 0.3 is 5.97 Å². The predicted octanol–water partition coefficient (Wildman–Crippen LogP) is 4.56. The Morgan fingerprint density at radius 1 is 1.32 bits per heavy atom. The van der Waals surface area contributed by atoms with Gasteiger partial charge in [0.1, 0.15) is 0 Å². The van der Waals surface area contributed by atoms with Gasteiger partial charge in [-0.2, -0.15) is 0 Å². The van der Waals surface area contributed by atoms with Gasteiger partial charge in [0.25, 0.3) is 0 Å². The van der Waals surface area contributed by atoms with Gasteiger partial charge < -0.3 is 5.11 Å². The summed E-state index contributed by atoms with van der Waals surface area (Å²) in [7, 11) is 0. The van der Waals surface area contributed by atoms with Gasteiger partial charge in [0.2, 0.25) is 0 Å². The second-order valence-electron chi connectivity index (χ2n) is 4.64. The number of aliphatic carboxylic acids is 1. The number of halogens is 1. The molecule has 0 saturated heterocycles. The van der Waals surface area contributed by atoms with E-state index in [-0.39, 0.29) is 5.75 Å². The molecule has 2 rings (SSSR count). The molecule has 1 aliphatic rings. The molecule has 1 aliphatic carbocycles. The Morgan fingerprint density at radius 3 is 2.74 bits per heavy atom. The first-order chi connectivity index (χ1) is 9.15. The van der Waals surface area contributed by atoms with Crippen LogP contribution >= 0.6 is 35.1 Å². The van der Waals surface area contributed by atoms with Crippen molar-refractivity contribution in [1.29, 1.82) is 0 Å². The molecule has 0 amide bonds. The highest BCUT2D eigenvalue weighted by atomic mass is 35.5. The summed E-state index contributed by atoms with van der Waals surface area (Å²) in [6.45, 7) is 0. The zero-order valence-electron chi connectivity index (χ0n) is 10.5. The lowest BCUT2D eigenvalue weighted by molar-refractivity contribution is -0.133. The van der Waals surface area contributed by atoms with E-state index in [0.717, 1.165) is 17.9 Å². The molecule has 0 aromatic heterocycles. The molecule has 104 valence electrons. The third-order valence-corrected chi connectivity index (χ3v) is 6.35. The Bertz CT molecular complexity index is 439. The van der Waals surface area contributed by atoms with E-state index < -0.39 is 5.97 Å². The van der Waals surface area contributed by atoms with E-state index in [0.29, 0.717) is 10.5 Å². The van der Waals surface area contributed by atoms with Crippen LogP contribution in [0.2, 0.25) is 5.02 Å². The van der Waals surface area contributed by atoms with Crippen LogP contribution in [-0.4, -0.2) is 27.3 Å². The van der Waals surface area contributed by atoms with Crippen molar-refractivity contribution in [2.75, 3.05) is 5.75 Å². The van der Waals surface area contributed by atoms with Crippen LogP contribution in [0.1, 0.15) is 25.7 Å². The maximum atomic E-state index is 10.7. The highest BCUT2D eigenvalue weighted by Gasteiger charge is 2.27. The van der Waals surface area contributed by atoms with Crippen LogP contribution in [0.3, 0.4) is 0 Å². The Kier molecular flexibility index (Phi) is 5.92. The third kappa shape index (κ3) is 4.93. The van der Waals surface area contributed by atoms with Crippen molar-refractivity contribution in [3.63, 3.8) is 0 Å². The molecule has 2 atom stereocenters. The van der Waals surface area contributed by atoms with E-state index >= 15 is 0 Å². The number of carboxylic acid groups (broad SMARTS) is 1. The molecule has 0 spiro atoms. The average Bonchev–Trinajstić information content (AvgIpc) is 2.38. The van der Waals surface area contributed by atoms with Gasteiger partial charge in [-0.25, -0.2) is 0 Å². The van der Waals surface area contributed by atoms with Gasteiger partial charge in [-0.05, 0) is 31.0 Å². The van der Waals surface area contributed by atoms with Crippen molar-refractivity contribution in [2.45, 2.75) is 41.1 Å². The minimum absolute atomic E-state index is 0.206. The van der Waals surface area contributed by atoms with Gasteiger partial charge in [-0.1, -0.05) is 30.5 Å². The highest BCUT2D eigenvalue weighted by Crippen LogP contribution is 2.39. The molecular weight excluding hydrogens is 300 g/mol. The van der Waals surface area contributed by atoms with Crippen molar-refractivity contribution in [3.05, 3.63) is 29.3 Å². The summed E-state index contributed by atoms with van der Waals surface area (Å²) >= 11 is 9.43. The third-order valence-electron chi connectivity index (χ3n) is 3.15. The molecule has 5 heteroatoms. The second kappa shape index (κ2) is 7.46. The zero-order chi connectivity index (χ0) is 13.7. The SMILES string of the molecule is O=C(O)CSC1CCCCC1Sc1cccc(Cl)c1. The first-order valence-corrected chi connectivity index (χ1v) is 8.71. The fourth-order valence-corrected chi connectivity index (χ4v) is 5.25. The quantitative estimate of drug-likeness (QED) is 0.864. The van der Waals surface area contributed by atoms with Gasteiger partial charge in [-0.3, -0.25) is 4.79 Å². The number of hydrogen-bond acceptors (Lipinski definition) is 3. The second-order valence-corrected chi connectivity index (χ2v) is 7.62. The molecular formula is C14H17ClO2S2. The number of hydrogen-bond donors (Lipinski definition) is 1. The molecule has 1 saturated carbocycles. The fraction of sp³-hybridized carbons (Fsp3) is 0.500. The maximum absolute atomic E-state index is 10.7. The van der Waals surface area contributed by atoms with Crippen LogP contribution in [0.15, 0.2) is 29.2 Å². The normalized spacial score (nSPS) is 23.2. The van der Waals surface area contributed by atoms with Crippen molar-refractivity contribution in [2.24, 2.45) is 0 Å². The topological polar surface area (TPSA) is 37.3 Å². The van der Waals surface area contributed by atoms with Crippen LogP contribution in [0.5, 0.6) is 0 Å². The summed E-state index contributed by atoms with van der Waals surface area (Å²) in [5.74, 6) is -0.515. The first kappa shape index (κ1) is 15.1. The summed E-state index contributed by atoms with van der Waals surface area (Å²) in [5.41, 5.74) is 0. The molecule has 0 bridgehead atoms. The molecule has 1 N–H and O–H groups in total. The number of carbonyl (C=O) groups is 1. The summed E-state index contributed by atoms with van der Waals surface area (Å²) in [6.07, 6.45) is 4.73. The van der Waals surface area contributed by atoms with E-state index in [4.69, 9.17) is 16.7 Å². The Labute approximate surface area is 127 Å². The van der Waals surface area contributed by atoms with Gasteiger partial charge in [0, 0.05) is 20.4 Å². The largest absolute Gasteiger partial charge is 0.481 e. The molecule has 1 fully saturated rings. The lowest BCUT2D eigenvalue weighted by Crippen LogP contribution is -2.25. The van der Waals surface area contributed by atoms with Gasteiger partial charge in [-0.15, -0.1) is 23.5 Å². The van der Waals surface area contributed by atoms with Crippen LogP contribution in [-0.2, 0) is 4.79 Å². The fourth-order valence-electron chi connectivity index (χ4n) is 2.28. The monoisotopic (exact) mass is 316 g/mol. The van der Waals surface area contributed by atoms with Crippen LogP contribution in [0, 0.1) is 0 Å². The smallest absolute Gasteiger partial charge is 0.313 e. The summed E-state index contributed by atoms with van der Waals surface area (Å²) < 4.78 is 0. The van der Waals surface area contributed by atoms with Crippen LogP contribution < -0.4 is 0 Å². The predicted molar refractivity (Wildman–Crippen MR) is 83.4 cm³/mol. The van der Waals surface area contributed by atoms with Gasteiger partial charge in [0.05, 0.1) is 5.75 Å². The zero-order valence-corrected chi connectivity index (χ0v) is 12.9. The van der Waals surface area contributed by atoms with Crippen molar-refractivity contribution < 1.29 is 9.90 Å². The molecule has 2 nitrogen and oxygen atoms in total. The average molecular weight is 317 g/mol. The van der Waals surface area contributed by atoms with Crippen molar-refractivity contribution in [3.8, 4) is 0 Å². The molecule has 0 heterocycles. The minimum Gasteiger partial charge on any atom is -0.481 e. The number of thioether (sulfide) groups is 2. The summed E-state index contributed by atoms with van der Waals surface area (Å²) in [5, 5.41) is 10.5. The Morgan fingerprint density at radius 2 is 2.05 bits per heavy atom. The molecule has 0 aliphatic heterocycles. The standard InChI is InChI=1S/C14H17ClO2S2/c15-10-4-3-5-11(8-10)19-13-7-2-1-6-12(13)18-9-14(16)17/h3-5,8,12-13H,1-2,6-7,9H2,(H,16,17). The van der Waals surface area contributed by atoms with Crippen LogP contribution in [0.25, 0.3) is 0 Å². The summed E-state index contributed by atoms with van der Waals surface area (Å²) in [4.78, 5) is 11.9. The van der Waals surface area contributed by atoms with E-state index in [1.54, 1.807) is 11.8 Å². The number of rotatable bonds is 5.